The molecule has 0 radical (unpaired) electrons. The van der Waals surface area contributed by atoms with E-state index in [2.05, 4.69) is 28.2 Å². The average molecular weight is 294 g/mol. The van der Waals surface area contributed by atoms with E-state index in [9.17, 15) is 4.79 Å². The Morgan fingerprint density at radius 2 is 2.43 bits per heavy atom. The van der Waals surface area contributed by atoms with Crippen molar-refractivity contribution in [1.29, 1.82) is 0 Å². The van der Waals surface area contributed by atoms with Crippen LogP contribution in [0.4, 0.5) is 0 Å². The van der Waals surface area contributed by atoms with Gasteiger partial charge in [-0.05, 0) is 34.3 Å². The lowest BCUT2D eigenvalue weighted by Gasteiger charge is -2.08. The van der Waals surface area contributed by atoms with Crippen molar-refractivity contribution in [2.45, 2.75) is 12.2 Å². The van der Waals surface area contributed by atoms with Crippen LogP contribution in [-0.2, 0) is 0 Å². The van der Waals surface area contributed by atoms with Gasteiger partial charge in [0.25, 0.3) is 5.91 Å². The topological polar surface area (TPSA) is 29.1 Å². The fourth-order valence-corrected chi connectivity index (χ4v) is 2.40. The molecule has 1 rings (SSSR count). The van der Waals surface area contributed by atoms with Gasteiger partial charge >= 0.3 is 0 Å². The van der Waals surface area contributed by atoms with Gasteiger partial charge in [-0.15, -0.1) is 11.3 Å². The summed E-state index contributed by atoms with van der Waals surface area (Å²) in [4.78, 5) is 12.3. The second-order valence-corrected chi connectivity index (χ2v) is 6.60. The van der Waals surface area contributed by atoms with Crippen LogP contribution in [0.15, 0.2) is 15.9 Å². The molecule has 5 heteroatoms. The standard InChI is InChI=1S/C9H12BrNOS2/c1-6(13-2)5-11-9(12)7-3-4-8(10)14-7/h3-4,6H,5H2,1-2H3,(H,11,12). The molecule has 2 nitrogen and oxygen atoms in total. The fraction of sp³-hybridized carbons (Fsp3) is 0.444. The van der Waals surface area contributed by atoms with Crippen LogP contribution in [0, 0.1) is 0 Å². The van der Waals surface area contributed by atoms with Crippen molar-refractivity contribution < 1.29 is 4.79 Å². The molecular formula is C9H12BrNOS2. The molecule has 1 atom stereocenters. The van der Waals surface area contributed by atoms with Crippen molar-refractivity contribution in [3.05, 3.63) is 20.8 Å². The maximum Gasteiger partial charge on any atom is 0.261 e. The van der Waals surface area contributed by atoms with Gasteiger partial charge in [0, 0.05) is 11.8 Å². The normalized spacial score (nSPS) is 12.5. The first-order chi connectivity index (χ1) is 6.63. The number of hydrogen-bond donors (Lipinski definition) is 1. The van der Waals surface area contributed by atoms with E-state index in [1.165, 1.54) is 11.3 Å². The summed E-state index contributed by atoms with van der Waals surface area (Å²) in [5.74, 6) is 0.0154. The Morgan fingerprint density at radius 1 is 1.71 bits per heavy atom. The Morgan fingerprint density at radius 3 is 2.93 bits per heavy atom. The summed E-state index contributed by atoms with van der Waals surface area (Å²) in [7, 11) is 0. The molecule has 1 unspecified atom stereocenters. The van der Waals surface area contributed by atoms with E-state index in [-0.39, 0.29) is 5.91 Å². The third-order valence-electron chi connectivity index (χ3n) is 1.75. The molecule has 1 heterocycles. The number of thiophene rings is 1. The predicted octanol–water partition coefficient (Wildman–Crippen LogP) is 2.99. The van der Waals surface area contributed by atoms with Gasteiger partial charge in [0.05, 0.1) is 8.66 Å². The Hall–Kier alpha value is -0.0000000000000000833. The first kappa shape index (κ1) is 12.1. The molecule has 0 aliphatic carbocycles. The summed E-state index contributed by atoms with van der Waals surface area (Å²) < 4.78 is 0.987. The van der Waals surface area contributed by atoms with Crippen molar-refractivity contribution in [2.75, 3.05) is 12.8 Å². The number of amides is 1. The molecule has 0 spiro atoms. The molecule has 0 aromatic carbocycles. The number of carbonyl (C=O) groups is 1. The molecule has 0 saturated heterocycles. The van der Waals surface area contributed by atoms with Gasteiger partial charge in [-0.2, -0.15) is 11.8 Å². The number of hydrogen-bond acceptors (Lipinski definition) is 3. The van der Waals surface area contributed by atoms with E-state index in [1.807, 2.05) is 18.4 Å². The van der Waals surface area contributed by atoms with Crippen LogP contribution in [0.3, 0.4) is 0 Å². The predicted molar refractivity (Wildman–Crippen MR) is 67.3 cm³/mol. The van der Waals surface area contributed by atoms with Crippen molar-refractivity contribution in [1.82, 2.24) is 5.32 Å². The largest absolute Gasteiger partial charge is 0.350 e. The minimum Gasteiger partial charge on any atom is -0.350 e. The van der Waals surface area contributed by atoms with Crippen LogP contribution >= 0.6 is 39.0 Å². The zero-order valence-corrected chi connectivity index (χ0v) is 11.3. The molecule has 1 N–H and O–H groups in total. The second kappa shape index (κ2) is 5.78. The highest BCUT2D eigenvalue weighted by atomic mass is 79.9. The van der Waals surface area contributed by atoms with E-state index in [1.54, 1.807) is 11.8 Å². The monoisotopic (exact) mass is 293 g/mol. The number of halogens is 1. The van der Waals surface area contributed by atoms with Gasteiger partial charge in [-0.3, -0.25) is 4.79 Å². The van der Waals surface area contributed by atoms with Crippen molar-refractivity contribution >= 4 is 44.9 Å². The molecule has 0 aliphatic rings. The van der Waals surface area contributed by atoms with E-state index in [0.29, 0.717) is 5.25 Å². The fourth-order valence-electron chi connectivity index (χ4n) is 0.843. The van der Waals surface area contributed by atoms with Gasteiger partial charge < -0.3 is 5.32 Å². The van der Waals surface area contributed by atoms with Crippen LogP contribution < -0.4 is 5.32 Å². The second-order valence-electron chi connectivity index (χ2n) is 2.86. The zero-order valence-electron chi connectivity index (χ0n) is 8.04. The molecule has 1 aromatic heterocycles. The summed E-state index contributed by atoms with van der Waals surface area (Å²) in [5, 5.41) is 3.35. The number of nitrogens with one attached hydrogen (secondary N) is 1. The number of thioether (sulfide) groups is 1. The number of carbonyl (C=O) groups excluding carboxylic acids is 1. The lowest BCUT2D eigenvalue weighted by molar-refractivity contribution is 0.0958. The van der Waals surface area contributed by atoms with E-state index >= 15 is 0 Å². The Balaban J connectivity index is 2.43. The maximum absolute atomic E-state index is 11.5. The van der Waals surface area contributed by atoms with Crippen LogP contribution in [0.1, 0.15) is 16.6 Å². The third kappa shape index (κ3) is 3.63. The van der Waals surface area contributed by atoms with Gasteiger partial charge in [-0.25, -0.2) is 0 Å². The van der Waals surface area contributed by atoms with Gasteiger partial charge in [0.15, 0.2) is 0 Å². The van der Waals surface area contributed by atoms with Gasteiger partial charge in [0.2, 0.25) is 0 Å². The number of rotatable bonds is 4. The maximum atomic E-state index is 11.5. The Kier molecular flexibility index (Phi) is 4.98. The Bertz CT molecular complexity index is 314. The summed E-state index contributed by atoms with van der Waals surface area (Å²) in [6.07, 6.45) is 2.04. The molecule has 78 valence electrons. The van der Waals surface area contributed by atoms with E-state index < -0.39 is 0 Å². The van der Waals surface area contributed by atoms with Crippen LogP contribution in [0.2, 0.25) is 0 Å². The smallest absolute Gasteiger partial charge is 0.261 e. The molecule has 14 heavy (non-hydrogen) atoms. The Labute approximate surface area is 101 Å². The minimum atomic E-state index is 0.0154. The quantitative estimate of drug-likeness (QED) is 0.925. The highest BCUT2D eigenvalue weighted by molar-refractivity contribution is 9.11. The summed E-state index contributed by atoms with van der Waals surface area (Å²) in [5.41, 5.74) is 0. The van der Waals surface area contributed by atoms with Crippen molar-refractivity contribution in [3.63, 3.8) is 0 Å². The molecule has 0 fully saturated rings. The lowest BCUT2D eigenvalue weighted by Crippen LogP contribution is -2.28. The first-order valence-electron chi connectivity index (χ1n) is 4.20. The first-order valence-corrected chi connectivity index (χ1v) is 7.09. The van der Waals surface area contributed by atoms with Gasteiger partial charge in [0.1, 0.15) is 0 Å². The van der Waals surface area contributed by atoms with Crippen LogP contribution in [0.5, 0.6) is 0 Å². The highest BCUT2D eigenvalue weighted by Crippen LogP contribution is 2.21. The van der Waals surface area contributed by atoms with Crippen LogP contribution in [0.25, 0.3) is 0 Å². The lowest BCUT2D eigenvalue weighted by atomic mass is 10.4. The van der Waals surface area contributed by atoms with Crippen LogP contribution in [-0.4, -0.2) is 24.0 Å². The molecule has 1 aromatic rings. The molecule has 0 bridgehead atoms. The SMILES string of the molecule is CSC(C)CNC(=O)c1ccc(Br)s1. The van der Waals surface area contributed by atoms with E-state index in [4.69, 9.17) is 0 Å². The summed E-state index contributed by atoms with van der Waals surface area (Å²) in [6.45, 7) is 2.81. The molecular weight excluding hydrogens is 282 g/mol. The summed E-state index contributed by atoms with van der Waals surface area (Å²) >= 11 is 6.53. The van der Waals surface area contributed by atoms with Crippen molar-refractivity contribution in [2.24, 2.45) is 0 Å². The van der Waals surface area contributed by atoms with E-state index in [0.717, 1.165) is 15.2 Å². The minimum absolute atomic E-state index is 0.0154. The third-order valence-corrected chi connectivity index (χ3v) is 4.34. The van der Waals surface area contributed by atoms with Crippen molar-refractivity contribution in [3.8, 4) is 0 Å². The van der Waals surface area contributed by atoms with Gasteiger partial charge in [-0.1, -0.05) is 6.92 Å². The zero-order chi connectivity index (χ0) is 10.6. The molecule has 1 amide bonds. The average Bonchev–Trinajstić information content (AvgIpc) is 2.60. The highest BCUT2D eigenvalue weighted by Gasteiger charge is 2.08. The molecule has 0 saturated carbocycles. The molecule has 0 aliphatic heterocycles. The summed E-state index contributed by atoms with van der Waals surface area (Å²) in [6, 6.07) is 3.71.